The van der Waals surface area contributed by atoms with Gasteiger partial charge in [0, 0.05) is 17.7 Å². The van der Waals surface area contributed by atoms with Crippen molar-refractivity contribution in [3.05, 3.63) is 59.9 Å². The van der Waals surface area contributed by atoms with E-state index in [1.807, 2.05) is 5.43 Å². The number of halogens is 1. The first-order chi connectivity index (χ1) is 8.69. The van der Waals surface area contributed by atoms with Gasteiger partial charge in [0.2, 0.25) is 0 Å². The van der Waals surface area contributed by atoms with E-state index in [-0.39, 0.29) is 0 Å². The molecular weight excluding hydrogens is 235 g/mol. The molecule has 1 amide bonds. The minimum atomic E-state index is -0.511. The predicted molar refractivity (Wildman–Crippen MR) is 63.4 cm³/mol. The van der Waals surface area contributed by atoms with E-state index >= 15 is 0 Å². The Morgan fingerprint density at radius 1 is 1.28 bits per heavy atom. The average Bonchev–Trinajstić information content (AvgIpc) is 2.38. The molecule has 3 N–H and O–H groups in total. The molecule has 0 spiro atoms. The summed E-state index contributed by atoms with van der Waals surface area (Å²) < 4.78 is 18.3. The van der Waals surface area contributed by atoms with E-state index in [0.717, 1.165) is 0 Å². The van der Waals surface area contributed by atoms with Gasteiger partial charge in [-0.2, -0.15) is 0 Å². The van der Waals surface area contributed by atoms with E-state index < -0.39 is 11.7 Å². The Balaban J connectivity index is 2.22. The molecule has 0 saturated carbocycles. The molecule has 0 unspecified atom stereocenters. The molecule has 0 fully saturated rings. The van der Waals surface area contributed by atoms with Gasteiger partial charge >= 0.3 is 0 Å². The fraction of sp³-hybridized carbons (Fsp3) is 0. The second kappa shape index (κ2) is 5.29. The molecule has 2 aromatic rings. The highest BCUT2D eigenvalue weighted by atomic mass is 19.1. The van der Waals surface area contributed by atoms with Crippen LogP contribution in [0.3, 0.4) is 0 Å². The number of hydrogen-bond donors (Lipinski definition) is 2. The summed E-state index contributed by atoms with van der Waals surface area (Å²) in [6.45, 7) is 0. The summed E-state index contributed by atoms with van der Waals surface area (Å²) in [6.07, 6.45) is 0. The number of nitrogens with two attached hydrogens (primary N) is 1. The number of carbonyl (C=O) groups is 1. The van der Waals surface area contributed by atoms with Gasteiger partial charge in [-0.05, 0) is 30.3 Å². The first-order valence-corrected chi connectivity index (χ1v) is 5.15. The van der Waals surface area contributed by atoms with Crippen molar-refractivity contribution in [1.29, 1.82) is 0 Å². The van der Waals surface area contributed by atoms with Crippen LogP contribution in [0.25, 0.3) is 0 Å². The summed E-state index contributed by atoms with van der Waals surface area (Å²) in [7, 11) is 0. The fourth-order valence-electron chi connectivity index (χ4n) is 1.40. The second-order valence-corrected chi connectivity index (χ2v) is 3.48. The molecule has 0 aromatic heterocycles. The topological polar surface area (TPSA) is 64.3 Å². The van der Waals surface area contributed by atoms with Crippen molar-refractivity contribution in [2.45, 2.75) is 0 Å². The summed E-state index contributed by atoms with van der Waals surface area (Å²) in [5.41, 5.74) is 2.38. The number of amides is 1. The van der Waals surface area contributed by atoms with Crippen LogP contribution < -0.4 is 16.0 Å². The molecule has 0 aliphatic carbocycles. The first kappa shape index (κ1) is 12.1. The third-order valence-corrected chi connectivity index (χ3v) is 2.20. The second-order valence-electron chi connectivity index (χ2n) is 3.48. The van der Waals surface area contributed by atoms with Crippen LogP contribution in [0.4, 0.5) is 4.39 Å². The van der Waals surface area contributed by atoms with Gasteiger partial charge in [-0.1, -0.05) is 6.07 Å². The summed E-state index contributed by atoms with van der Waals surface area (Å²) in [5, 5.41) is 0. The van der Waals surface area contributed by atoms with E-state index in [1.165, 1.54) is 18.2 Å². The van der Waals surface area contributed by atoms with E-state index in [4.69, 9.17) is 10.6 Å². The van der Waals surface area contributed by atoms with Gasteiger partial charge in [-0.15, -0.1) is 0 Å². The number of benzene rings is 2. The van der Waals surface area contributed by atoms with Gasteiger partial charge in [0.15, 0.2) is 0 Å². The van der Waals surface area contributed by atoms with Crippen LogP contribution in [0.2, 0.25) is 0 Å². The Labute approximate surface area is 103 Å². The zero-order valence-corrected chi connectivity index (χ0v) is 9.31. The molecule has 5 heteroatoms. The molecule has 18 heavy (non-hydrogen) atoms. The molecule has 0 bridgehead atoms. The molecule has 91 valence electrons. The lowest BCUT2D eigenvalue weighted by Crippen LogP contribution is -2.29. The van der Waals surface area contributed by atoms with Crippen LogP contribution in [-0.4, -0.2) is 5.91 Å². The normalized spacial score (nSPS) is 9.89. The standard InChI is InChI=1S/C13H10FN2O2/c14-10-4-2-6-12(8-10)18-11-5-1-3-9(7-11)13(17)16-15/h1-3,5-8H,15H2,(H,16,17). The van der Waals surface area contributed by atoms with Crippen molar-refractivity contribution >= 4 is 5.91 Å². The highest BCUT2D eigenvalue weighted by Gasteiger charge is 2.05. The zero-order chi connectivity index (χ0) is 13.0. The Hall–Kier alpha value is -2.40. The minimum Gasteiger partial charge on any atom is -0.457 e. The summed E-state index contributed by atoms with van der Waals surface area (Å²) >= 11 is 0. The molecule has 4 nitrogen and oxygen atoms in total. The molecule has 0 saturated heterocycles. The fourth-order valence-corrected chi connectivity index (χ4v) is 1.40. The third-order valence-electron chi connectivity index (χ3n) is 2.20. The van der Waals surface area contributed by atoms with Crippen LogP contribution in [0.1, 0.15) is 10.4 Å². The largest absolute Gasteiger partial charge is 0.457 e. The monoisotopic (exact) mass is 245 g/mol. The van der Waals surface area contributed by atoms with Crippen LogP contribution in [-0.2, 0) is 0 Å². The zero-order valence-electron chi connectivity index (χ0n) is 9.31. The van der Waals surface area contributed by atoms with Gasteiger partial charge in [0.1, 0.15) is 17.3 Å². The van der Waals surface area contributed by atoms with Gasteiger partial charge in [-0.3, -0.25) is 10.2 Å². The van der Waals surface area contributed by atoms with E-state index in [2.05, 4.69) is 6.07 Å². The SMILES string of the molecule is NNC(=O)c1cccc(Oc2cc[c]c(F)c2)c1. The first-order valence-electron chi connectivity index (χ1n) is 5.15. The smallest absolute Gasteiger partial charge is 0.265 e. The van der Waals surface area contributed by atoms with Crippen LogP contribution in [0.15, 0.2) is 42.5 Å². The van der Waals surface area contributed by atoms with E-state index in [0.29, 0.717) is 17.1 Å². The molecule has 2 rings (SSSR count). The Bertz CT molecular complexity index is 572. The molecule has 2 aromatic carbocycles. The quantitative estimate of drug-likeness (QED) is 0.494. The molecule has 1 radical (unpaired) electrons. The highest BCUT2D eigenvalue weighted by molar-refractivity contribution is 5.94. The Morgan fingerprint density at radius 2 is 2.06 bits per heavy atom. The summed E-state index contributed by atoms with van der Waals surface area (Å²) in [4.78, 5) is 11.3. The lowest BCUT2D eigenvalue weighted by molar-refractivity contribution is 0.0953. The number of nitrogens with one attached hydrogen (secondary N) is 1. The van der Waals surface area contributed by atoms with Crippen molar-refractivity contribution in [1.82, 2.24) is 5.43 Å². The van der Waals surface area contributed by atoms with Crippen molar-refractivity contribution in [2.75, 3.05) is 0 Å². The summed E-state index contributed by atoms with van der Waals surface area (Å²) in [6, 6.07) is 13.0. The Morgan fingerprint density at radius 3 is 2.78 bits per heavy atom. The Kier molecular flexibility index (Phi) is 3.54. The third kappa shape index (κ3) is 2.83. The van der Waals surface area contributed by atoms with Crippen molar-refractivity contribution in [3.8, 4) is 11.5 Å². The number of carbonyl (C=O) groups excluding carboxylic acids is 1. The molecule has 0 heterocycles. The minimum absolute atomic E-state index is 0.330. The molecule has 0 atom stereocenters. The van der Waals surface area contributed by atoms with Gasteiger partial charge in [0.25, 0.3) is 5.91 Å². The lowest BCUT2D eigenvalue weighted by atomic mass is 10.2. The number of hydrogen-bond acceptors (Lipinski definition) is 3. The number of ether oxygens (including phenoxy) is 1. The summed E-state index contributed by atoms with van der Waals surface area (Å²) in [5.74, 6) is 4.85. The van der Waals surface area contributed by atoms with Crippen LogP contribution in [0.5, 0.6) is 11.5 Å². The average molecular weight is 245 g/mol. The van der Waals surface area contributed by atoms with E-state index in [1.54, 1.807) is 24.3 Å². The maximum atomic E-state index is 12.9. The van der Waals surface area contributed by atoms with E-state index in [9.17, 15) is 9.18 Å². The highest BCUT2D eigenvalue weighted by Crippen LogP contribution is 2.22. The molecule has 0 aliphatic rings. The molecular formula is C13H10FN2O2. The predicted octanol–water partition coefficient (Wildman–Crippen LogP) is 2.02. The van der Waals surface area contributed by atoms with Crippen LogP contribution >= 0.6 is 0 Å². The maximum absolute atomic E-state index is 12.9. The molecule has 0 aliphatic heterocycles. The lowest BCUT2D eigenvalue weighted by Gasteiger charge is -2.07. The number of rotatable bonds is 3. The van der Waals surface area contributed by atoms with Crippen molar-refractivity contribution < 1.29 is 13.9 Å². The van der Waals surface area contributed by atoms with Crippen molar-refractivity contribution in [2.24, 2.45) is 5.84 Å². The van der Waals surface area contributed by atoms with Crippen LogP contribution in [0, 0.1) is 11.9 Å². The van der Waals surface area contributed by atoms with Gasteiger partial charge in [-0.25, -0.2) is 10.2 Å². The van der Waals surface area contributed by atoms with Crippen molar-refractivity contribution in [3.63, 3.8) is 0 Å². The maximum Gasteiger partial charge on any atom is 0.265 e. The van der Waals surface area contributed by atoms with Gasteiger partial charge < -0.3 is 4.74 Å². The number of hydrazine groups is 1. The van der Waals surface area contributed by atoms with Gasteiger partial charge in [0.05, 0.1) is 0 Å². The number of nitrogen functional groups attached to an aromatic ring is 1.